The van der Waals surface area contributed by atoms with E-state index in [0.29, 0.717) is 19.4 Å². The standard InChI is InChI=1S/C16H16F2N4O2/c17-11-4-3-10(12(18)8-11)9-22-7-1-2-14(16(22)24)20-15(23)13-5-6-19-21-13/h3-6,8,14H,1-2,7,9H2,(H,19,21)(H,20,23). The second-order valence-electron chi connectivity index (χ2n) is 5.63. The number of carbonyl (C=O) groups excluding carboxylic acids is 2. The fraction of sp³-hybridized carbons (Fsp3) is 0.312. The van der Waals surface area contributed by atoms with E-state index in [2.05, 4.69) is 15.5 Å². The van der Waals surface area contributed by atoms with Crippen molar-refractivity contribution in [1.82, 2.24) is 20.4 Å². The van der Waals surface area contributed by atoms with Gasteiger partial charge in [-0.2, -0.15) is 5.10 Å². The molecule has 0 bridgehead atoms. The minimum Gasteiger partial charge on any atom is -0.339 e. The van der Waals surface area contributed by atoms with Gasteiger partial charge in [0.05, 0.1) is 0 Å². The Balaban J connectivity index is 1.67. The third-order valence-electron chi connectivity index (χ3n) is 3.96. The van der Waals surface area contributed by atoms with E-state index in [1.165, 1.54) is 23.2 Å². The van der Waals surface area contributed by atoms with Crippen molar-refractivity contribution in [2.45, 2.75) is 25.4 Å². The maximum Gasteiger partial charge on any atom is 0.269 e. The zero-order valence-electron chi connectivity index (χ0n) is 12.8. The van der Waals surface area contributed by atoms with E-state index in [1.54, 1.807) is 0 Å². The van der Waals surface area contributed by atoms with Crippen molar-refractivity contribution in [3.63, 3.8) is 0 Å². The lowest BCUT2D eigenvalue weighted by Crippen LogP contribution is -2.52. The highest BCUT2D eigenvalue weighted by Gasteiger charge is 2.30. The van der Waals surface area contributed by atoms with Gasteiger partial charge in [-0.1, -0.05) is 6.07 Å². The van der Waals surface area contributed by atoms with Gasteiger partial charge in [-0.3, -0.25) is 14.7 Å². The summed E-state index contributed by atoms with van der Waals surface area (Å²) in [4.78, 5) is 26.0. The Labute approximate surface area is 136 Å². The first kappa shape index (κ1) is 16.1. The third kappa shape index (κ3) is 3.42. The quantitative estimate of drug-likeness (QED) is 0.892. The molecular formula is C16H16F2N4O2. The van der Waals surface area contributed by atoms with Crippen LogP contribution in [-0.2, 0) is 11.3 Å². The number of halogens is 2. The smallest absolute Gasteiger partial charge is 0.269 e. The SMILES string of the molecule is O=C(NC1CCCN(Cc2ccc(F)cc2F)C1=O)c1ccn[nH]1. The highest BCUT2D eigenvalue weighted by Crippen LogP contribution is 2.18. The number of piperidine rings is 1. The molecule has 8 heteroatoms. The summed E-state index contributed by atoms with van der Waals surface area (Å²) in [6.45, 7) is 0.507. The molecule has 2 heterocycles. The van der Waals surface area contributed by atoms with Crippen LogP contribution in [0, 0.1) is 11.6 Å². The van der Waals surface area contributed by atoms with Crippen molar-refractivity contribution < 1.29 is 18.4 Å². The van der Waals surface area contributed by atoms with Gasteiger partial charge in [0.25, 0.3) is 5.91 Å². The molecule has 2 aromatic rings. The number of H-pyrrole nitrogens is 1. The number of rotatable bonds is 4. The van der Waals surface area contributed by atoms with E-state index >= 15 is 0 Å². The Kier molecular flexibility index (Phi) is 4.54. The van der Waals surface area contributed by atoms with Crippen LogP contribution >= 0.6 is 0 Å². The van der Waals surface area contributed by atoms with E-state index in [-0.39, 0.29) is 23.7 Å². The molecule has 0 spiro atoms. The van der Waals surface area contributed by atoms with Crippen LogP contribution < -0.4 is 5.32 Å². The van der Waals surface area contributed by atoms with Gasteiger partial charge in [-0.15, -0.1) is 0 Å². The molecule has 1 unspecified atom stereocenters. The summed E-state index contributed by atoms with van der Waals surface area (Å²) in [6.07, 6.45) is 2.64. The van der Waals surface area contributed by atoms with Crippen molar-refractivity contribution in [2.24, 2.45) is 0 Å². The van der Waals surface area contributed by atoms with E-state index in [1.807, 2.05) is 0 Å². The molecule has 126 valence electrons. The first-order valence-corrected chi connectivity index (χ1v) is 7.57. The van der Waals surface area contributed by atoms with Gasteiger partial charge in [-0.05, 0) is 25.0 Å². The van der Waals surface area contributed by atoms with Gasteiger partial charge in [0, 0.05) is 30.9 Å². The topological polar surface area (TPSA) is 78.1 Å². The number of aromatic amines is 1. The van der Waals surface area contributed by atoms with Gasteiger partial charge in [0.2, 0.25) is 5.91 Å². The average molecular weight is 334 g/mol. The zero-order valence-corrected chi connectivity index (χ0v) is 12.8. The lowest BCUT2D eigenvalue weighted by atomic mass is 10.0. The molecule has 24 heavy (non-hydrogen) atoms. The number of amides is 2. The van der Waals surface area contributed by atoms with E-state index in [4.69, 9.17) is 0 Å². The second-order valence-corrected chi connectivity index (χ2v) is 5.63. The molecule has 1 aliphatic rings. The third-order valence-corrected chi connectivity index (χ3v) is 3.96. The largest absolute Gasteiger partial charge is 0.339 e. The number of hydrogen-bond donors (Lipinski definition) is 2. The Hall–Kier alpha value is -2.77. The first-order valence-electron chi connectivity index (χ1n) is 7.57. The summed E-state index contributed by atoms with van der Waals surface area (Å²) in [6, 6.07) is 4.11. The Morgan fingerprint density at radius 2 is 2.21 bits per heavy atom. The molecule has 0 saturated carbocycles. The van der Waals surface area contributed by atoms with Crippen molar-refractivity contribution in [3.8, 4) is 0 Å². The van der Waals surface area contributed by atoms with Crippen LogP contribution in [0.2, 0.25) is 0 Å². The summed E-state index contributed by atoms with van der Waals surface area (Å²) < 4.78 is 26.7. The number of hydrogen-bond acceptors (Lipinski definition) is 3. The van der Waals surface area contributed by atoms with E-state index < -0.39 is 23.6 Å². The molecule has 2 N–H and O–H groups in total. The molecule has 1 saturated heterocycles. The summed E-state index contributed by atoms with van der Waals surface area (Å²) in [5.74, 6) is -2.05. The lowest BCUT2D eigenvalue weighted by Gasteiger charge is -2.32. The molecule has 0 radical (unpaired) electrons. The van der Waals surface area contributed by atoms with Crippen LogP contribution in [0.15, 0.2) is 30.5 Å². The molecule has 1 aromatic heterocycles. The molecule has 1 aromatic carbocycles. The predicted molar refractivity (Wildman–Crippen MR) is 80.9 cm³/mol. The molecule has 1 aliphatic heterocycles. The van der Waals surface area contributed by atoms with Crippen molar-refractivity contribution in [3.05, 3.63) is 53.4 Å². The van der Waals surface area contributed by atoms with Crippen LogP contribution in [0.1, 0.15) is 28.9 Å². The molecule has 3 rings (SSSR count). The normalized spacial score (nSPS) is 17.8. The first-order chi connectivity index (χ1) is 11.5. The molecular weight excluding hydrogens is 318 g/mol. The number of likely N-dealkylation sites (tertiary alicyclic amines) is 1. The summed E-state index contributed by atoms with van der Waals surface area (Å²) in [5, 5.41) is 8.88. The van der Waals surface area contributed by atoms with Gasteiger partial charge >= 0.3 is 0 Å². The number of nitrogens with one attached hydrogen (secondary N) is 2. The van der Waals surface area contributed by atoms with Crippen molar-refractivity contribution in [2.75, 3.05) is 6.54 Å². The monoisotopic (exact) mass is 334 g/mol. The maximum atomic E-state index is 13.8. The highest BCUT2D eigenvalue weighted by molar-refractivity contribution is 5.96. The number of aromatic nitrogens is 2. The van der Waals surface area contributed by atoms with Crippen LogP contribution in [0.5, 0.6) is 0 Å². The molecule has 1 fully saturated rings. The minimum atomic E-state index is -0.689. The van der Waals surface area contributed by atoms with Crippen LogP contribution in [0.4, 0.5) is 8.78 Å². The fourth-order valence-electron chi connectivity index (χ4n) is 2.71. The van der Waals surface area contributed by atoms with Gasteiger partial charge in [0.15, 0.2) is 0 Å². The van der Waals surface area contributed by atoms with Crippen LogP contribution in [0.25, 0.3) is 0 Å². The number of benzene rings is 1. The predicted octanol–water partition coefficient (Wildman–Crippen LogP) is 1.61. The zero-order chi connectivity index (χ0) is 17.1. The van der Waals surface area contributed by atoms with Gasteiger partial charge in [-0.25, -0.2) is 8.78 Å². The summed E-state index contributed by atoms with van der Waals surface area (Å²) in [5.41, 5.74) is 0.509. The number of carbonyl (C=O) groups is 2. The van der Waals surface area contributed by atoms with E-state index in [0.717, 1.165) is 12.1 Å². The van der Waals surface area contributed by atoms with Crippen molar-refractivity contribution >= 4 is 11.8 Å². The Morgan fingerprint density at radius 3 is 2.92 bits per heavy atom. The van der Waals surface area contributed by atoms with Crippen LogP contribution in [0.3, 0.4) is 0 Å². The average Bonchev–Trinajstić information content (AvgIpc) is 3.08. The van der Waals surface area contributed by atoms with Crippen LogP contribution in [-0.4, -0.2) is 39.5 Å². The minimum absolute atomic E-state index is 0.0430. The Morgan fingerprint density at radius 1 is 1.38 bits per heavy atom. The van der Waals surface area contributed by atoms with Crippen molar-refractivity contribution in [1.29, 1.82) is 0 Å². The van der Waals surface area contributed by atoms with Gasteiger partial charge < -0.3 is 10.2 Å². The van der Waals surface area contributed by atoms with Gasteiger partial charge in [0.1, 0.15) is 23.4 Å². The molecule has 0 aliphatic carbocycles. The highest BCUT2D eigenvalue weighted by atomic mass is 19.1. The summed E-state index contributed by atoms with van der Waals surface area (Å²) >= 11 is 0. The summed E-state index contributed by atoms with van der Waals surface area (Å²) in [7, 11) is 0. The second kappa shape index (κ2) is 6.77. The van der Waals surface area contributed by atoms with E-state index in [9.17, 15) is 18.4 Å². The number of nitrogens with zero attached hydrogens (tertiary/aromatic N) is 2. The lowest BCUT2D eigenvalue weighted by molar-refractivity contribution is -0.136. The Bertz CT molecular complexity index is 749. The molecule has 1 atom stereocenters. The molecule has 6 nitrogen and oxygen atoms in total. The molecule has 2 amide bonds. The fourth-order valence-corrected chi connectivity index (χ4v) is 2.71. The maximum absolute atomic E-state index is 13.8.